The lowest BCUT2D eigenvalue weighted by molar-refractivity contribution is 0.200. The summed E-state index contributed by atoms with van der Waals surface area (Å²) in [6.45, 7) is 3.84. The highest BCUT2D eigenvalue weighted by molar-refractivity contribution is 7.10. The van der Waals surface area contributed by atoms with Gasteiger partial charge in [0.1, 0.15) is 11.5 Å². The van der Waals surface area contributed by atoms with Gasteiger partial charge in [-0.25, -0.2) is 0 Å². The summed E-state index contributed by atoms with van der Waals surface area (Å²) in [5.41, 5.74) is 0.937. The fraction of sp³-hybridized carbons (Fsp3) is 0.333. The molecule has 1 aromatic heterocycles. The number of phenolic OH excluding ortho intramolecular Hbond substituents is 2. The maximum atomic E-state index is 9.75. The quantitative estimate of drug-likeness (QED) is 0.811. The minimum absolute atomic E-state index is 0.0927. The fourth-order valence-electron chi connectivity index (χ4n) is 2.72. The summed E-state index contributed by atoms with van der Waals surface area (Å²) >= 11 is 1.71. The van der Waals surface area contributed by atoms with Crippen molar-refractivity contribution < 1.29 is 10.2 Å². The van der Waals surface area contributed by atoms with Crippen molar-refractivity contribution in [2.45, 2.75) is 6.04 Å². The van der Waals surface area contributed by atoms with E-state index < -0.39 is 0 Å². The summed E-state index contributed by atoms with van der Waals surface area (Å²) in [4.78, 5) is 3.62. The number of thiophene rings is 1. The standard InChI is InChI=1S/C15H18N2O2S/c18-12-8-11(9-13(19)10-12)15(14-2-1-7-20-14)17-5-3-16-4-6-17/h1-2,7-10,15-16,18-19H,3-6H2/t15-/m1/s1. The fourth-order valence-corrected chi connectivity index (χ4v) is 3.60. The van der Waals surface area contributed by atoms with Crippen molar-refractivity contribution in [3.8, 4) is 11.5 Å². The molecule has 0 bridgehead atoms. The Balaban J connectivity index is 2.00. The lowest BCUT2D eigenvalue weighted by Crippen LogP contribution is -2.45. The number of nitrogens with zero attached hydrogens (tertiary/aromatic N) is 1. The number of phenols is 2. The molecule has 5 heteroatoms. The third-order valence-corrected chi connectivity index (χ3v) is 4.49. The van der Waals surface area contributed by atoms with Crippen LogP contribution in [0.4, 0.5) is 0 Å². The summed E-state index contributed by atoms with van der Waals surface area (Å²) < 4.78 is 0. The molecule has 1 aromatic carbocycles. The van der Waals surface area contributed by atoms with Crippen LogP contribution in [0.2, 0.25) is 0 Å². The predicted octanol–water partition coefficient (Wildman–Crippen LogP) is 2.15. The number of hydrogen-bond donors (Lipinski definition) is 3. The van der Waals surface area contributed by atoms with Crippen molar-refractivity contribution in [2.75, 3.05) is 26.2 Å². The van der Waals surface area contributed by atoms with Gasteiger partial charge < -0.3 is 15.5 Å². The van der Waals surface area contributed by atoms with E-state index in [1.54, 1.807) is 23.5 Å². The second-order valence-corrected chi connectivity index (χ2v) is 5.97. The van der Waals surface area contributed by atoms with E-state index in [-0.39, 0.29) is 17.5 Å². The molecule has 3 N–H and O–H groups in total. The van der Waals surface area contributed by atoms with Crippen molar-refractivity contribution in [3.05, 3.63) is 46.2 Å². The van der Waals surface area contributed by atoms with E-state index in [1.165, 1.54) is 10.9 Å². The van der Waals surface area contributed by atoms with Crippen LogP contribution in [0.3, 0.4) is 0 Å². The molecule has 3 rings (SSSR count). The molecular formula is C15H18N2O2S. The number of benzene rings is 1. The van der Waals surface area contributed by atoms with Gasteiger partial charge in [0.25, 0.3) is 0 Å². The Kier molecular flexibility index (Phi) is 3.91. The molecular weight excluding hydrogens is 272 g/mol. The Labute approximate surface area is 122 Å². The van der Waals surface area contributed by atoms with Crippen LogP contribution < -0.4 is 5.32 Å². The number of nitrogens with one attached hydrogen (secondary N) is 1. The minimum atomic E-state index is 0.0927. The maximum Gasteiger partial charge on any atom is 0.119 e. The molecule has 0 aliphatic carbocycles. The van der Waals surface area contributed by atoms with E-state index in [9.17, 15) is 10.2 Å². The number of piperazine rings is 1. The van der Waals surface area contributed by atoms with Gasteiger partial charge in [0.2, 0.25) is 0 Å². The average molecular weight is 290 g/mol. The van der Waals surface area contributed by atoms with Gasteiger partial charge in [-0.05, 0) is 29.1 Å². The molecule has 106 valence electrons. The minimum Gasteiger partial charge on any atom is -0.508 e. The first-order valence-electron chi connectivity index (χ1n) is 6.75. The third kappa shape index (κ3) is 2.80. The topological polar surface area (TPSA) is 55.7 Å². The van der Waals surface area contributed by atoms with Crippen molar-refractivity contribution in [3.63, 3.8) is 0 Å². The highest BCUT2D eigenvalue weighted by atomic mass is 32.1. The van der Waals surface area contributed by atoms with Crippen LogP contribution in [0.5, 0.6) is 11.5 Å². The van der Waals surface area contributed by atoms with Crippen molar-refractivity contribution in [2.24, 2.45) is 0 Å². The molecule has 20 heavy (non-hydrogen) atoms. The van der Waals surface area contributed by atoms with Gasteiger partial charge in [-0.15, -0.1) is 11.3 Å². The summed E-state index contributed by atoms with van der Waals surface area (Å²) in [6, 6.07) is 9.09. The van der Waals surface area contributed by atoms with E-state index in [2.05, 4.69) is 21.7 Å². The van der Waals surface area contributed by atoms with Crippen LogP contribution in [0.1, 0.15) is 16.5 Å². The first-order chi connectivity index (χ1) is 9.74. The lowest BCUT2D eigenvalue weighted by Gasteiger charge is -2.34. The van der Waals surface area contributed by atoms with Crippen LogP contribution in [0.15, 0.2) is 35.7 Å². The highest BCUT2D eigenvalue weighted by Crippen LogP contribution is 2.35. The predicted molar refractivity (Wildman–Crippen MR) is 80.4 cm³/mol. The van der Waals surface area contributed by atoms with Gasteiger partial charge >= 0.3 is 0 Å². The highest BCUT2D eigenvalue weighted by Gasteiger charge is 2.25. The normalized spacial score (nSPS) is 18.0. The SMILES string of the molecule is Oc1cc(O)cc([C@H](c2cccs2)N2CCNCC2)c1. The summed E-state index contributed by atoms with van der Waals surface area (Å²) in [7, 11) is 0. The number of rotatable bonds is 3. The zero-order valence-electron chi connectivity index (χ0n) is 11.1. The van der Waals surface area contributed by atoms with Crippen LogP contribution in [0, 0.1) is 0 Å². The second kappa shape index (κ2) is 5.83. The number of aromatic hydroxyl groups is 2. The molecule has 2 aromatic rings. The van der Waals surface area contributed by atoms with Crippen LogP contribution in [-0.4, -0.2) is 41.3 Å². The molecule has 0 radical (unpaired) electrons. The zero-order chi connectivity index (χ0) is 13.9. The monoisotopic (exact) mass is 290 g/mol. The largest absolute Gasteiger partial charge is 0.508 e. The Morgan fingerprint density at radius 3 is 2.40 bits per heavy atom. The molecule has 1 fully saturated rings. The van der Waals surface area contributed by atoms with E-state index >= 15 is 0 Å². The van der Waals surface area contributed by atoms with E-state index in [4.69, 9.17) is 0 Å². The van der Waals surface area contributed by atoms with Crippen LogP contribution in [-0.2, 0) is 0 Å². The molecule has 2 heterocycles. The third-order valence-electron chi connectivity index (χ3n) is 3.57. The first-order valence-corrected chi connectivity index (χ1v) is 7.63. The Morgan fingerprint density at radius 2 is 1.80 bits per heavy atom. The smallest absolute Gasteiger partial charge is 0.119 e. The second-order valence-electron chi connectivity index (χ2n) is 4.99. The molecule has 0 unspecified atom stereocenters. The van der Waals surface area contributed by atoms with Gasteiger partial charge in [-0.1, -0.05) is 6.07 Å². The zero-order valence-corrected chi connectivity index (χ0v) is 11.9. The van der Waals surface area contributed by atoms with Gasteiger partial charge in [0, 0.05) is 37.1 Å². The van der Waals surface area contributed by atoms with Crippen molar-refractivity contribution in [1.29, 1.82) is 0 Å². The average Bonchev–Trinajstić information content (AvgIpc) is 2.93. The maximum absolute atomic E-state index is 9.75. The Hall–Kier alpha value is -1.56. The molecule has 0 saturated carbocycles. The first kappa shape index (κ1) is 13.4. The van der Waals surface area contributed by atoms with E-state index in [0.29, 0.717) is 0 Å². The lowest BCUT2D eigenvalue weighted by atomic mass is 10.0. The van der Waals surface area contributed by atoms with E-state index in [1.807, 2.05) is 6.07 Å². The Morgan fingerprint density at radius 1 is 1.10 bits per heavy atom. The Bertz CT molecular complexity index is 545. The van der Waals surface area contributed by atoms with Gasteiger partial charge in [0.05, 0.1) is 6.04 Å². The van der Waals surface area contributed by atoms with Crippen molar-refractivity contribution >= 4 is 11.3 Å². The van der Waals surface area contributed by atoms with Crippen molar-refractivity contribution in [1.82, 2.24) is 10.2 Å². The van der Waals surface area contributed by atoms with Crippen LogP contribution >= 0.6 is 11.3 Å². The molecule has 1 aliphatic rings. The number of hydrogen-bond acceptors (Lipinski definition) is 5. The van der Waals surface area contributed by atoms with Gasteiger partial charge in [-0.2, -0.15) is 0 Å². The van der Waals surface area contributed by atoms with Gasteiger partial charge in [0.15, 0.2) is 0 Å². The summed E-state index contributed by atoms with van der Waals surface area (Å²) in [5.74, 6) is 0.216. The van der Waals surface area contributed by atoms with Gasteiger partial charge in [-0.3, -0.25) is 4.90 Å². The molecule has 4 nitrogen and oxygen atoms in total. The molecule has 0 spiro atoms. The van der Waals surface area contributed by atoms with E-state index in [0.717, 1.165) is 31.7 Å². The molecule has 1 aliphatic heterocycles. The molecule has 0 amide bonds. The molecule has 1 saturated heterocycles. The summed E-state index contributed by atoms with van der Waals surface area (Å²) in [5, 5.41) is 24.9. The van der Waals surface area contributed by atoms with Crippen LogP contribution in [0.25, 0.3) is 0 Å². The molecule has 1 atom stereocenters. The summed E-state index contributed by atoms with van der Waals surface area (Å²) in [6.07, 6.45) is 0.